The average Bonchev–Trinajstić information content (AvgIpc) is 2.79. The molecule has 0 radical (unpaired) electrons. The van der Waals surface area contributed by atoms with E-state index in [4.69, 9.17) is 9.47 Å². The van der Waals surface area contributed by atoms with Crippen molar-refractivity contribution in [3.05, 3.63) is 78.2 Å². The lowest BCUT2D eigenvalue weighted by molar-refractivity contribution is 0.395. The summed E-state index contributed by atoms with van der Waals surface area (Å²) >= 11 is 0. The first-order chi connectivity index (χ1) is 15.4. The second-order valence-corrected chi connectivity index (χ2v) is 8.88. The van der Waals surface area contributed by atoms with Gasteiger partial charge in [-0.05, 0) is 24.3 Å². The van der Waals surface area contributed by atoms with Gasteiger partial charge in [0.05, 0.1) is 30.9 Å². The van der Waals surface area contributed by atoms with E-state index in [1.807, 2.05) is 6.07 Å². The van der Waals surface area contributed by atoms with E-state index in [1.54, 1.807) is 36.4 Å². The van der Waals surface area contributed by atoms with E-state index in [0.717, 1.165) is 6.07 Å². The maximum atomic E-state index is 14.2. The topological polar surface area (TPSA) is 90.4 Å². The van der Waals surface area contributed by atoms with Gasteiger partial charge < -0.3 is 14.8 Å². The summed E-state index contributed by atoms with van der Waals surface area (Å²) in [7, 11) is -0.963. The standard InChI is InChI=1S/C23H20FN3O4S/c1-30-16-11-15(12-17(13-16)31-2)25-23-21(26-19-8-4-5-9-20(19)27-23)14-32(28,29)22-10-6-3-7-18(22)24/h3-13H,14H2,1-2H3,(H,25,27). The van der Waals surface area contributed by atoms with Crippen molar-refractivity contribution in [1.29, 1.82) is 0 Å². The first kappa shape index (κ1) is 21.5. The first-order valence-corrected chi connectivity index (χ1v) is 11.3. The Morgan fingerprint density at radius 1 is 0.875 bits per heavy atom. The Morgan fingerprint density at radius 2 is 1.47 bits per heavy atom. The smallest absolute Gasteiger partial charge is 0.187 e. The number of para-hydroxylation sites is 2. The Hall–Kier alpha value is -3.72. The molecule has 0 aliphatic heterocycles. The van der Waals surface area contributed by atoms with E-state index in [-0.39, 0.29) is 16.4 Å². The molecule has 0 spiro atoms. The zero-order valence-electron chi connectivity index (χ0n) is 17.4. The summed E-state index contributed by atoms with van der Waals surface area (Å²) in [5.41, 5.74) is 1.83. The van der Waals surface area contributed by atoms with Crippen LogP contribution in [0, 0.1) is 5.82 Å². The van der Waals surface area contributed by atoms with Gasteiger partial charge in [0, 0.05) is 23.9 Å². The van der Waals surface area contributed by atoms with Crippen LogP contribution in [0.3, 0.4) is 0 Å². The number of rotatable bonds is 7. The molecule has 164 valence electrons. The molecule has 1 N–H and O–H groups in total. The van der Waals surface area contributed by atoms with Crippen LogP contribution in [0.25, 0.3) is 11.0 Å². The molecular formula is C23H20FN3O4S. The van der Waals surface area contributed by atoms with Crippen molar-refractivity contribution in [1.82, 2.24) is 9.97 Å². The lowest BCUT2D eigenvalue weighted by Crippen LogP contribution is -2.11. The lowest BCUT2D eigenvalue weighted by Gasteiger charge is -2.14. The number of halogens is 1. The van der Waals surface area contributed by atoms with Crippen LogP contribution in [-0.4, -0.2) is 32.6 Å². The third kappa shape index (κ3) is 4.47. The monoisotopic (exact) mass is 453 g/mol. The first-order valence-electron chi connectivity index (χ1n) is 9.62. The summed E-state index contributed by atoms with van der Waals surface area (Å²) in [6.07, 6.45) is 0. The van der Waals surface area contributed by atoms with Gasteiger partial charge >= 0.3 is 0 Å². The molecule has 0 unspecified atom stereocenters. The number of benzene rings is 3. The van der Waals surface area contributed by atoms with Crippen molar-refractivity contribution < 1.29 is 22.3 Å². The minimum absolute atomic E-state index is 0.161. The van der Waals surface area contributed by atoms with Crippen LogP contribution in [-0.2, 0) is 15.6 Å². The van der Waals surface area contributed by atoms with Gasteiger partial charge in [-0.15, -0.1) is 0 Å². The number of sulfone groups is 1. The Morgan fingerprint density at radius 3 is 2.09 bits per heavy atom. The van der Waals surface area contributed by atoms with Crippen molar-refractivity contribution in [2.45, 2.75) is 10.6 Å². The molecule has 7 nitrogen and oxygen atoms in total. The van der Waals surface area contributed by atoms with Crippen LogP contribution < -0.4 is 14.8 Å². The molecule has 0 atom stereocenters. The van der Waals surface area contributed by atoms with E-state index in [9.17, 15) is 12.8 Å². The molecule has 1 aromatic heterocycles. The third-order valence-electron chi connectivity index (χ3n) is 4.76. The van der Waals surface area contributed by atoms with Crippen LogP contribution in [0.15, 0.2) is 71.6 Å². The van der Waals surface area contributed by atoms with Gasteiger partial charge in [0.1, 0.15) is 28.0 Å². The number of nitrogens with one attached hydrogen (secondary N) is 1. The number of hydrogen-bond acceptors (Lipinski definition) is 7. The predicted molar refractivity (Wildman–Crippen MR) is 120 cm³/mol. The minimum atomic E-state index is -4.02. The molecule has 0 aliphatic carbocycles. The van der Waals surface area contributed by atoms with E-state index in [1.165, 1.54) is 32.4 Å². The Kier molecular flexibility index (Phi) is 5.91. The molecule has 9 heteroatoms. The highest BCUT2D eigenvalue weighted by molar-refractivity contribution is 7.90. The normalized spacial score (nSPS) is 11.3. The maximum absolute atomic E-state index is 14.2. The number of aromatic nitrogens is 2. The number of fused-ring (bicyclic) bond motifs is 1. The van der Waals surface area contributed by atoms with Gasteiger partial charge in [0.25, 0.3) is 0 Å². The van der Waals surface area contributed by atoms with E-state index in [2.05, 4.69) is 15.3 Å². The van der Waals surface area contributed by atoms with Crippen LogP contribution >= 0.6 is 0 Å². The summed E-state index contributed by atoms with van der Waals surface area (Å²) < 4.78 is 50.8. The minimum Gasteiger partial charge on any atom is -0.497 e. The van der Waals surface area contributed by atoms with Crippen LogP contribution in [0.1, 0.15) is 5.69 Å². The zero-order valence-corrected chi connectivity index (χ0v) is 18.2. The molecule has 4 aromatic rings. The molecule has 1 heterocycles. The van der Waals surface area contributed by atoms with Crippen molar-refractivity contribution in [3.8, 4) is 11.5 Å². The third-order valence-corrected chi connectivity index (χ3v) is 6.41. The second-order valence-electron chi connectivity index (χ2n) is 6.92. The molecule has 0 saturated carbocycles. The highest BCUT2D eigenvalue weighted by atomic mass is 32.2. The number of hydrogen-bond donors (Lipinski definition) is 1. The quantitative estimate of drug-likeness (QED) is 0.440. The fourth-order valence-electron chi connectivity index (χ4n) is 3.21. The fraction of sp³-hybridized carbons (Fsp3) is 0.130. The van der Waals surface area contributed by atoms with Gasteiger partial charge in [-0.3, -0.25) is 0 Å². The van der Waals surface area contributed by atoms with Gasteiger partial charge in [-0.25, -0.2) is 22.8 Å². The highest BCUT2D eigenvalue weighted by Crippen LogP contribution is 2.30. The Labute approximate surface area is 184 Å². The SMILES string of the molecule is COc1cc(Nc2nc3ccccc3nc2CS(=O)(=O)c2ccccc2F)cc(OC)c1. The molecule has 0 fully saturated rings. The molecule has 4 rings (SSSR count). The van der Waals surface area contributed by atoms with E-state index in [0.29, 0.717) is 28.2 Å². The Balaban J connectivity index is 1.80. The molecule has 3 aromatic carbocycles. The number of methoxy groups -OCH3 is 2. The summed E-state index contributed by atoms with van der Waals surface area (Å²) in [5, 5.41) is 3.11. The zero-order chi connectivity index (χ0) is 22.7. The number of nitrogens with zero attached hydrogens (tertiary/aromatic N) is 2. The molecule has 0 amide bonds. The van der Waals surface area contributed by atoms with Gasteiger partial charge in [0.2, 0.25) is 0 Å². The van der Waals surface area contributed by atoms with Crippen molar-refractivity contribution in [2.24, 2.45) is 0 Å². The van der Waals surface area contributed by atoms with Gasteiger partial charge in [0.15, 0.2) is 15.7 Å². The molecule has 0 saturated heterocycles. The predicted octanol–water partition coefficient (Wildman–Crippen LogP) is 4.50. The molecular weight excluding hydrogens is 433 g/mol. The summed E-state index contributed by atoms with van der Waals surface area (Å²) in [6.45, 7) is 0. The van der Waals surface area contributed by atoms with Crippen LogP contribution in [0.4, 0.5) is 15.9 Å². The van der Waals surface area contributed by atoms with Crippen molar-refractivity contribution >= 4 is 32.4 Å². The summed E-state index contributed by atoms with van der Waals surface area (Å²) in [5.74, 6) is -0.0238. The summed E-state index contributed by atoms with van der Waals surface area (Å²) in [4.78, 5) is 8.69. The van der Waals surface area contributed by atoms with E-state index >= 15 is 0 Å². The van der Waals surface area contributed by atoms with Gasteiger partial charge in [-0.2, -0.15) is 0 Å². The maximum Gasteiger partial charge on any atom is 0.187 e. The Bertz CT molecular complexity index is 1370. The highest BCUT2D eigenvalue weighted by Gasteiger charge is 2.23. The van der Waals surface area contributed by atoms with Crippen LogP contribution in [0.5, 0.6) is 11.5 Å². The molecule has 0 aliphatic rings. The largest absolute Gasteiger partial charge is 0.497 e. The molecule has 32 heavy (non-hydrogen) atoms. The van der Waals surface area contributed by atoms with E-state index < -0.39 is 21.4 Å². The van der Waals surface area contributed by atoms with Gasteiger partial charge in [-0.1, -0.05) is 24.3 Å². The molecule has 0 bridgehead atoms. The van der Waals surface area contributed by atoms with Crippen molar-refractivity contribution in [3.63, 3.8) is 0 Å². The van der Waals surface area contributed by atoms with Crippen molar-refractivity contribution in [2.75, 3.05) is 19.5 Å². The fourth-order valence-corrected chi connectivity index (χ4v) is 4.58. The lowest BCUT2D eigenvalue weighted by atomic mass is 10.2. The number of anilines is 2. The van der Waals surface area contributed by atoms with Crippen LogP contribution in [0.2, 0.25) is 0 Å². The second kappa shape index (κ2) is 8.80. The average molecular weight is 453 g/mol. The number of ether oxygens (including phenoxy) is 2. The summed E-state index contributed by atoms with van der Waals surface area (Å²) in [6, 6.07) is 17.5.